The summed E-state index contributed by atoms with van der Waals surface area (Å²) in [5, 5.41) is -0.00530. The first-order valence-electron chi connectivity index (χ1n) is 11.1. The second-order valence-electron chi connectivity index (χ2n) is 9.38. The van der Waals surface area contributed by atoms with Crippen LogP contribution in [-0.4, -0.2) is 58.3 Å². The van der Waals surface area contributed by atoms with Crippen molar-refractivity contribution in [2.75, 3.05) is 21.3 Å². The van der Waals surface area contributed by atoms with Gasteiger partial charge in [-0.3, -0.25) is 9.59 Å². The Morgan fingerprint density at radius 1 is 1.15 bits per heavy atom. The lowest BCUT2D eigenvalue weighted by atomic mass is 9.94. The van der Waals surface area contributed by atoms with E-state index in [4.69, 9.17) is 30.6 Å². The number of rotatable bonds is 13. The number of Topliss-reactive ketones (excluding diaryl/α,β-unsaturated/α-hetero) is 2. The van der Waals surface area contributed by atoms with Crippen LogP contribution < -0.4 is 14.2 Å². The second kappa shape index (κ2) is 12.5. The van der Waals surface area contributed by atoms with Crippen molar-refractivity contribution in [2.24, 2.45) is 0 Å². The molecule has 9 heteroatoms. The average molecular weight is 489 g/mol. The Hall–Kier alpha value is -2.92. The van der Waals surface area contributed by atoms with Gasteiger partial charge < -0.3 is 24.2 Å². The number of terminal acetylenes is 1. The van der Waals surface area contributed by atoms with E-state index < -0.39 is 20.2 Å². The van der Waals surface area contributed by atoms with Crippen LogP contribution in [0.3, 0.4) is 0 Å². The Kier molecular flexibility index (Phi) is 10.7. The van der Waals surface area contributed by atoms with Gasteiger partial charge in [0.1, 0.15) is 6.10 Å². The molecule has 0 heterocycles. The smallest absolute Gasteiger partial charge is 0.323 e. The molecule has 1 aromatic carbocycles. The molecule has 186 valence electrons. The van der Waals surface area contributed by atoms with Crippen molar-refractivity contribution in [1.29, 1.82) is 0 Å². The second-order valence-corrected chi connectivity index (χ2v) is 14.1. The van der Waals surface area contributed by atoms with Crippen LogP contribution in [0.2, 0.25) is 18.1 Å². The molecule has 0 aliphatic rings. The third-order valence-electron chi connectivity index (χ3n) is 6.12. The summed E-state index contributed by atoms with van der Waals surface area (Å²) < 4.78 is 22.9. The van der Waals surface area contributed by atoms with Gasteiger partial charge in [-0.1, -0.05) is 26.7 Å². The van der Waals surface area contributed by atoms with Crippen molar-refractivity contribution in [3.63, 3.8) is 0 Å². The van der Waals surface area contributed by atoms with Crippen LogP contribution in [0.4, 0.5) is 0 Å². The van der Waals surface area contributed by atoms with Gasteiger partial charge in [0, 0.05) is 24.0 Å². The van der Waals surface area contributed by atoms with Crippen LogP contribution >= 0.6 is 0 Å². The molecule has 0 aromatic heterocycles. The maximum atomic E-state index is 13.1. The van der Waals surface area contributed by atoms with Crippen LogP contribution in [0, 0.1) is 12.3 Å². The average Bonchev–Trinajstić information content (AvgIpc) is 2.78. The zero-order valence-corrected chi connectivity index (χ0v) is 22.5. The molecule has 0 saturated carbocycles. The third-order valence-corrected chi connectivity index (χ3v) is 10.6. The van der Waals surface area contributed by atoms with Crippen molar-refractivity contribution < 1.29 is 33.0 Å². The minimum atomic E-state index is -2.11. The molecule has 0 bridgehead atoms. The largest absolute Gasteiger partial charge is 0.493 e. The number of methoxy groups -OCH3 is 3. The summed E-state index contributed by atoms with van der Waals surface area (Å²) in [6, 6.07) is 1.59. The Balaban J connectivity index is 3.38. The summed E-state index contributed by atoms with van der Waals surface area (Å²) in [5.74, 6) is 3.07. The van der Waals surface area contributed by atoms with Crippen LogP contribution in [0.15, 0.2) is 6.07 Å². The third kappa shape index (κ3) is 7.29. The molecule has 0 amide bonds. The van der Waals surface area contributed by atoms with Gasteiger partial charge in [0.15, 0.2) is 25.6 Å². The van der Waals surface area contributed by atoms with E-state index in [1.54, 1.807) is 6.07 Å². The van der Waals surface area contributed by atoms with Crippen LogP contribution in [0.5, 0.6) is 17.2 Å². The van der Waals surface area contributed by atoms with E-state index in [2.05, 4.69) is 44.6 Å². The first-order chi connectivity index (χ1) is 15.9. The maximum Gasteiger partial charge on any atom is 0.323 e. The quantitative estimate of drug-likeness (QED) is 0.101. The normalized spacial score (nSPS) is 12.2. The number of ether oxygens (including phenoxy) is 3. The van der Waals surface area contributed by atoms with Crippen molar-refractivity contribution in [3.05, 3.63) is 22.7 Å². The summed E-state index contributed by atoms with van der Waals surface area (Å²) >= 11 is 0. The Labute approximate surface area is 203 Å². The van der Waals surface area contributed by atoms with Crippen LogP contribution in [0.25, 0.3) is 5.53 Å². The fraction of sp³-hybridized carbons (Fsp3) is 0.560. The fourth-order valence-electron chi connectivity index (χ4n) is 3.20. The van der Waals surface area contributed by atoms with Gasteiger partial charge in [0.25, 0.3) is 0 Å². The van der Waals surface area contributed by atoms with Gasteiger partial charge in [-0.05, 0) is 37.0 Å². The summed E-state index contributed by atoms with van der Waals surface area (Å²) in [7, 11) is 2.34. The van der Waals surface area contributed by atoms with Gasteiger partial charge in [-0.25, -0.2) is 0 Å². The zero-order chi connectivity index (χ0) is 26.1. The summed E-state index contributed by atoms with van der Waals surface area (Å²) in [6.45, 7) is 10.7. The number of hydrogen-bond acceptors (Lipinski definition) is 6. The van der Waals surface area contributed by atoms with Gasteiger partial charge in [0.2, 0.25) is 11.5 Å². The van der Waals surface area contributed by atoms with E-state index in [0.29, 0.717) is 41.2 Å². The number of hydrogen-bond donors (Lipinski definition) is 0. The van der Waals surface area contributed by atoms with E-state index in [0.717, 1.165) is 6.21 Å². The van der Waals surface area contributed by atoms with Gasteiger partial charge >= 0.3 is 6.21 Å². The Morgan fingerprint density at radius 2 is 1.76 bits per heavy atom. The molecule has 0 saturated heterocycles. The topological polar surface area (TPSA) is 107 Å². The molecule has 1 aromatic rings. The highest BCUT2D eigenvalue weighted by Crippen LogP contribution is 2.43. The highest BCUT2D eigenvalue weighted by atomic mass is 28.4. The van der Waals surface area contributed by atoms with Crippen molar-refractivity contribution in [2.45, 2.75) is 70.7 Å². The summed E-state index contributed by atoms with van der Waals surface area (Å²) in [6.07, 6.45) is 6.82. The summed E-state index contributed by atoms with van der Waals surface area (Å²) in [4.78, 5) is 27.5. The molecule has 0 spiro atoms. The molecule has 1 atom stereocenters. The number of ketones is 2. The van der Waals surface area contributed by atoms with E-state index in [1.165, 1.54) is 21.3 Å². The SMILES string of the molecule is C#C[C@@H](CCc1c(C(=O)CCC(=O)C=[N+]=[N-])cc(OC)c(OC)c1OC)O[Si](C)(C)C(C)(C)C. The number of nitrogens with zero attached hydrogens (tertiary/aromatic N) is 2. The van der Waals surface area contributed by atoms with E-state index >= 15 is 0 Å². The first-order valence-corrected chi connectivity index (χ1v) is 14.0. The van der Waals surface area contributed by atoms with Crippen molar-refractivity contribution >= 4 is 26.1 Å². The molecule has 8 nitrogen and oxygen atoms in total. The van der Waals surface area contributed by atoms with Crippen molar-refractivity contribution in [1.82, 2.24) is 0 Å². The maximum absolute atomic E-state index is 13.1. The number of carbonyl (C=O) groups is 2. The molecule has 0 fully saturated rings. The molecular weight excluding hydrogens is 452 g/mol. The number of benzene rings is 1. The van der Waals surface area contributed by atoms with Crippen LogP contribution in [-0.2, 0) is 15.6 Å². The van der Waals surface area contributed by atoms with Gasteiger partial charge in [-0.15, -0.1) is 6.42 Å². The predicted molar refractivity (Wildman–Crippen MR) is 134 cm³/mol. The zero-order valence-electron chi connectivity index (χ0n) is 21.5. The van der Waals surface area contributed by atoms with E-state index in [9.17, 15) is 9.59 Å². The molecule has 0 radical (unpaired) electrons. The molecule has 0 unspecified atom stereocenters. The molecule has 0 aliphatic carbocycles. The van der Waals surface area contributed by atoms with Crippen LogP contribution in [0.1, 0.15) is 56.0 Å². The van der Waals surface area contributed by atoms with E-state index in [-0.39, 0.29) is 23.7 Å². The first kappa shape index (κ1) is 29.1. The lowest BCUT2D eigenvalue weighted by Gasteiger charge is -2.38. The lowest BCUT2D eigenvalue weighted by Crippen LogP contribution is -2.43. The highest BCUT2D eigenvalue weighted by Gasteiger charge is 2.39. The Morgan fingerprint density at radius 3 is 2.24 bits per heavy atom. The monoisotopic (exact) mass is 488 g/mol. The van der Waals surface area contributed by atoms with Crippen molar-refractivity contribution in [3.8, 4) is 29.6 Å². The molecular formula is C25H36N2O6Si. The minimum Gasteiger partial charge on any atom is -0.493 e. The minimum absolute atomic E-state index is 0.00530. The molecule has 0 N–H and O–H groups in total. The van der Waals surface area contributed by atoms with E-state index in [1.807, 2.05) is 0 Å². The fourth-order valence-corrected chi connectivity index (χ4v) is 4.45. The standard InChI is InChI=1S/C25H36N2O6Si/c1-10-18(33-34(8,9)25(2,3)4)12-13-19-20(21(29)14-11-17(28)16-27-26)15-22(30-5)24(32-7)23(19)31-6/h1,15-16,18H,11-14H2,2-9H3/t18-/m0/s1. The van der Waals surface area contributed by atoms with Gasteiger partial charge in [0.05, 0.1) is 21.3 Å². The van der Waals surface area contributed by atoms with Gasteiger partial charge in [-0.2, -0.15) is 4.79 Å². The predicted octanol–water partition coefficient (Wildman–Crippen LogP) is 4.50. The summed E-state index contributed by atoms with van der Waals surface area (Å²) in [5.41, 5.74) is 9.48. The Bertz CT molecular complexity index is 985. The highest BCUT2D eigenvalue weighted by molar-refractivity contribution is 6.74. The number of carbonyl (C=O) groups excluding carboxylic acids is 2. The lowest BCUT2D eigenvalue weighted by molar-refractivity contribution is -0.116. The molecule has 34 heavy (non-hydrogen) atoms. The molecule has 1 rings (SSSR count). The molecule has 0 aliphatic heterocycles.